The lowest BCUT2D eigenvalue weighted by molar-refractivity contribution is 0.0696. The van der Waals surface area contributed by atoms with Crippen molar-refractivity contribution in [2.24, 2.45) is 0 Å². The maximum absolute atomic E-state index is 14.2. The van der Waals surface area contributed by atoms with Crippen LogP contribution in [0, 0.1) is 12.7 Å². The van der Waals surface area contributed by atoms with Gasteiger partial charge in [0.2, 0.25) is 5.43 Å². The molecule has 0 bridgehead atoms. The summed E-state index contributed by atoms with van der Waals surface area (Å²) in [4.78, 5) is 39.8. The number of anilines is 1. The first-order chi connectivity index (χ1) is 16.3. The average Bonchev–Trinajstić information content (AvgIpc) is 2.85. The van der Waals surface area contributed by atoms with Gasteiger partial charge in [0.25, 0.3) is 11.8 Å². The molecule has 34 heavy (non-hydrogen) atoms. The number of para-hydroxylation sites is 1. The minimum atomic E-state index is -0.714. The SMILES string of the molecule is Cc1cc(=O)c(C(=O)Nc2ccc(C(=O)N(C)C3CCCCC3)cc2)nn1-c1ccccc1F. The Morgan fingerprint density at radius 1 is 1.06 bits per heavy atom. The van der Waals surface area contributed by atoms with Crippen LogP contribution in [0.1, 0.15) is 58.6 Å². The lowest BCUT2D eigenvalue weighted by Gasteiger charge is -2.31. The van der Waals surface area contributed by atoms with Crippen LogP contribution in [-0.4, -0.2) is 39.6 Å². The lowest BCUT2D eigenvalue weighted by Crippen LogP contribution is -2.38. The van der Waals surface area contributed by atoms with E-state index >= 15 is 0 Å². The number of rotatable bonds is 5. The molecule has 2 amide bonds. The van der Waals surface area contributed by atoms with Crippen LogP contribution >= 0.6 is 0 Å². The predicted octanol–water partition coefficient (Wildman–Crippen LogP) is 4.34. The number of nitrogens with one attached hydrogen (secondary N) is 1. The third-order valence-corrected chi connectivity index (χ3v) is 6.24. The summed E-state index contributed by atoms with van der Waals surface area (Å²) in [5.41, 5.74) is 0.563. The summed E-state index contributed by atoms with van der Waals surface area (Å²) in [7, 11) is 1.83. The summed E-state index contributed by atoms with van der Waals surface area (Å²) in [5, 5.41) is 6.75. The van der Waals surface area contributed by atoms with Crippen LogP contribution in [0.5, 0.6) is 0 Å². The number of amides is 2. The van der Waals surface area contributed by atoms with Crippen molar-refractivity contribution < 1.29 is 14.0 Å². The van der Waals surface area contributed by atoms with Gasteiger partial charge < -0.3 is 10.2 Å². The van der Waals surface area contributed by atoms with E-state index in [2.05, 4.69) is 10.4 Å². The van der Waals surface area contributed by atoms with E-state index in [0.717, 1.165) is 25.7 Å². The predicted molar refractivity (Wildman–Crippen MR) is 128 cm³/mol. The molecule has 0 unspecified atom stereocenters. The Labute approximate surface area is 197 Å². The number of benzene rings is 2. The molecule has 0 spiro atoms. The number of nitrogens with zero attached hydrogens (tertiary/aromatic N) is 3. The van der Waals surface area contributed by atoms with E-state index in [1.54, 1.807) is 48.2 Å². The minimum Gasteiger partial charge on any atom is -0.339 e. The van der Waals surface area contributed by atoms with Gasteiger partial charge in [-0.1, -0.05) is 31.4 Å². The fraction of sp³-hybridized carbons (Fsp3) is 0.308. The Hall–Kier alpha value is -3.81. The van der Waals surface area contributed by atoms with Gasteiger partial charge >= 0.3 is 0 Å². The van der Waals surface area contributed by atoms with Gasteiger partial charge in [0.05, 0.1) is 0 Å². The zero-order valence-corrected chi connectivity index (χ0v) is 19.3. The zero-order chi connectivity index (χ0) is 24.2. The molecule has 1 heterocycles. The molecule has 1 saturated carbocycles. The number of hydrogen-bond acceptors (Lipinski definition) is 4. The highest BCUT2D eigenvalue weighted by molar-refractivity contribution is 6.03. The second-order valence-electron chi connectivity index (χ2n) is 8.60. The van der Waals surface area contributed by atoms with Crippen LogP contribution < -0.4 is 10.7 Å². The molecule has 7 nitrogen and oxygen atoms in total. The second-order valence-corrected chi connectivity index (χ2v) is 8.60. The van der Waals surface area contributed by atoms with Crippen molar-refractivity contribution in [3.63, 3.8) is 0 Å². The van der Waals surface area contributed by atoms with E-state index in [4.69, 9.17) is 0 Å². The van der Waals surface area contributed by atoms with E-state index in [0.29, 0.717) is 16.9 Å². The van der Waals surface area contributed by atoms with Crippen molar-refractivity contribution in [1.82, 2.24) is 14.7 Å². The Bertz CT molecular complexity index is 1260. The molecule has 1 N–H and O–H groups in total. The van der Waals surface area contributed by atoms with E-state index in [1.165, 1.54) is 29.3 Å². The van der Waals surface area contributed by atoms with Gasteiger partial charge in [0.15, 0.2) is 5.69 Å². The Morgan fingerprint density at radius 3 is 2.41 bits per heavy atom. The van der Waals surface area contributed by atoms with Crippen molar-refractivity contribution in [1.29, 1.82) is 0 Å². The van der Waals surface area contributed by atoms with E-state index in [-0.39, 0.29) is 23.3 Å². The molecule has 1 aliphatic carbocycles. The topological polar surface area (TPSA) is 84.3 Å². The third-order valence-electron chi connectivity index (χ3n) is 6.24. The third kappa shape index (κ3) is 4.90. The molecule has 0 saturated heterocycles. The molecule has 1 aliphatic rings. The smallest absolute Gasteiger partial charge is 0.280 e. The first-order valence-corrected chi connectivity index (χ1v) is 11.4. The summed E-state index contributed by atoms with van der Waals surface area (Å²) >= 11 is 0. The fourth-order valence-electron chi connectivity index (χ4n) is 4.30. The van der Waals surface area contributed by atoms with E-state index in [9.17, 15) is 18.8 Å². The van der Waals surface area contributed by atoms with Crippen molar-refractivity contribution in [2.75, 3.05) is 12.4 Å². The van der Waals surface area contributed by atoms with Gasteiger partial charge in [-0.15, -0.1) is 0 Å². The Kier molecular flexibility index (Phi) is 6.86. The van der Waals surface area contributed by atoms with Crippen LogP contribution in [0.15, 0.2) is 59.4 Å². The molecule has 176 valence electrons. The number of halogens is 1. The second kappa shape index (κ2) is 9.99. The quantitative estimate of drug-likeness (QED) is 0.612. The zero-order valence-electron chi connectivity index (χ0n) is 19.3. The molecule has 0 aliphatic heterocycles. The number of aromatic nitrogens is 2. The minimum absolute atomic E-state index is 0.0576. The van der Waals surface area contributed by atoms with Gasteiger partial charge in [0, 0.05) is 36.1 Å². The highest BCUT2D eigenvalue weighted by Gasteiger charge is 2.23. The molecule has 1 aromatic heterocycles. The van der Waals surface area contributed by atoms with Crippen LogP contribution in [0.25, 0.3) is 5.69 Å². The highest BCUT2D eigenvalue weighted by Crippen LogP contribution is 2.23. The molecule has 0 atom stereocenters. The van der Waals surface area contributed by atoms with Crippen molar-refractivity contribution in [3.8, 4) is 5.69 Å². The molecule has 3 aromatic rings. The van der Waals surface area contributed by atoms with Gasteiger partial charge in [-0.25, -0.2) is 9.07 Å². The van der Waals surface area contributed by atoms with E-state index < -0.39 is 17.2 Å². The molecule has 8 heteroatoms. The number of aryl methyl sites for hydroxylation is 1. The molecular weight excluding hydrogens is 435 g/mol. The number of carbonyl (C=O) groups excluding carboxylic acids is 2. The van der Waals surface area contributed by atoms with Gasteiger partial charge in [0.1, 0.15) is 11.5 Å². The molecule has 1 fully saturated rings. The Morgan fingerprint density at radius 2 is 1.74 bits per heavy atom. The van der Waals surface area contributed by atoms with Crippen molar-refractivity contribution in [2.45, 2.75) is 45.1 Å². The average molecular weight is 463 g/mol. The van der Waals surface area contributed by atoms with Crippen LogP contribution in [0.2, 0.25) is 0 Å². The summed E-state index contributed by atoms with van der Waals surface area (Å²) in [6, 6.07) is 14.0. The van der Waals surface area contributed by atoms with Gasteiger partial charge in [-0.2, -0.15) is 5.10 Å². The maximum Gasteiger partial charge on any atom is 0.280 e. The molecule has 0 radical (unpaired) electrons. The number of carbonyl (C=O) groups is 2. The highest BCUT2D eigenvalue weighted by atomic mass is 19.1. The molecule has 4 rings (SSSR count). The van der Waals surface area contributed by atoms with Crippen LogP contribution in [-0.2, 0) is 0 Å². The Balaban J connectivity index is 1.51. The van der Waals surface area contributed by atoms with Crippen molar-refractivity contribution in [3.05, 3.63) is 87.6 Å². The van der Waals surface area contributed by atoms with Gasteiger partial charge in [-0.05, 0) is 56.2 Å². The standard InChI is InChI=1S/C26H27FN4O3/c1-17-16-23(32)24(29-31(17)22-11-7-6-10-21(22)27)25(33)28-19-14-12-18(13-15-19)26(34)30(2)20-8-4-3-5-9-20/h6-7,10-16,20H,3-5,8-9H2,1-2H3,(H,28,33). The largest absolute Gasteiger partial charge is 0.339 e. The fourth-order valence-corrected chi connectivity index (χ4v) is 4.30. The summed E-state index contributed by atoms with van der Waals surface area (Å²) in [5.74, 6) is -1.29. The monoisotopic (exact) mass is 462 g/mol. The van der Waals surface area contributed by atoms with Crippen LogP contribution in [0.3, 0.4) is 0 Å². The number of hydrogen-bond donors (Lipinski definition) is 1. The van der Waals surface area contributed by atoms with Crippen LogP contribution in [0.4, 0.5) is 10.1 Å². The summed E-state index contributed by atoms with van der Waals surface area (Å²) in [6.45, 7) is 1.61. The van der Waals surface area contributed by atoms with Gasteiger partial charge in [-0.3, -0.25) is 14.4 Å². The molecular formula is C26H27FN4O3. The maximum atomic E-state index is 14.2. The summed E-state index contributed by atoms with van der Waals surface area (Å²) in [6.07, 6.45) is 5.53. The van der Waals surface area contributed by atoms with E-state index in [1.807, 2.05) is 7.05 Å². The molecule has 2 aromatic carbocycles. The first kappa shape index (κ1) is 23.4. The normalized spacial score (nSPS) is 14.0. The summed E-state index contributed by atoms with van der Waals surface area (Å²) < 4.78 is 15.5. The van der Waals surface area contributed by atoms with Crippen molar-refractivity contribution >= 4 is 17.5 Å². The first-order valence-electron chi connectivity index (χ1n) is 11.4. The lowest BCUT2D eigenvalue weighted by atomic mass is 9.94.